The topological polar surface area (TPSA) is 96.5 Å². The van der Waals surface area contributed by atoms with Crippen LogP contribution in [0.15, 0.2) is 41.3 Å². The number of ether oxygens (including phenoxy) is 1. The van der Waals surface area contributed by atoms with Gasteiger partial charge in [0.05, 0.1) is 22.6 Å². The van der Waals surface area contributed by atoms with E-state index in [1.54, 1.807) is 36.4 Å². The number of hydrogen-bond acceptors (Lipinski definition) is 5. The predicted octanol–water partition coefficient (Wildman–Crippen LogP) is 4.05. The average Bonchev–Trinajstić information content (AvgIpc) is 2.71. The van der Waals surface area contributed by atoms with Crippen LogP contribution in [0.4, 0.5) is 5.69 Å². The standard InChI is InChI=1S/C20H19Cl2N3O4S/c1-11-19(27)23-15-9-12(4-7-17(15)30-11)20(28)25-24-18(26)3-2-8-29-16-6-5-13(21)10-14(16)22/h4-7,9-11H,2-3,8H2,1H3,(H,23,27)(H,24,26)(H,25,28)/t11-/m0/s1. The van der Waals surface area contributed by atoms with Crippen LogP contribution in [0.1, 0.15) is 30.1 Å². The average molecular weight is 468 g/mol. The van der Waals surface area contributed by atoms with E-state index in [-0.39, 0.29) is 30.1 Å². The molecule has 1 atom stereocenters. The van der Waals surface area contributed by atoms with Crippen molar-refractivity contribution in [3.05, 3.63) is 52.0 Å². The van der Waals surface area contributed by atoms with Gasteiger partial charge in [-0.15, -0.1) is 11.8 Å². The van der Waals surface area contributed by atoms with Gasteiger partial charge < -0.3 is 10.1 Å². The molecule has 30 heavy (non-hydrogen) atoms. The third-order valence-electron chi connectivity index (χ3n) is 4.19. The highest BCUT2D eigenvalue weighted by Gasteiger charge is 2.23. The van der Waals surface area contributed by atoms with Crippen molar-refractivity contribution in [2.45, 2.75) is 29.9 Å². The monoisotopic (exact) mass is 467 g/mol. The van der Waals surface area contributed by atoms with Crippen molar-refractivity contribution in [1.29, 1.82) is 0 Å². The lowest BCUT2D eigenvalue weighted by Gasteiger charge is -2.21. The molecule has 3 rings (SSSR count). The Morgan fingerprint density at radius 3 is 2.73 bits per heavy atom. The first kappa shape index (κ1) is 22.3. The van der Waals surface area contributed by atoms with Gasteiger partial charge in [0.2, 0.25) is 11.8 Å². The zero-order chi connectivity index (χ0) is 21.7. The molecule has 0 fully saturated rings. The summed E-state index contributed by atoms with van der Waals surface area (Å²) in [7, 11) is 0. The normalized spacial score (nSPS) is 15.0. The maximum atomic E-state index is 12.3. The second kappa shape index (κ2) is 10.1. The number of rotatable bonds is 6. The molecule has 1 heterocycles. The van der Waals surface area contributed by atoms with Crippen LogP contribution < -0.4 is 20.9 Å². The smallest absolute Gasteiger partial charge is 0.269 e. The number of halogens is 2. The SMILES string of the molecule is C[C@@H]1Sc2ccc(C(=O)NNC(=O)CCCOc3ccc(Cl)cc3Cl)cc2NC1=O. The Labute approximate surface area is 187 Å². The van der Waals surface area contributed by atoms with Crippen LogP contribution in [-0.2, 0) is 9.59 Å². The van der Waals surface area contributed by atoms with Crippen LogP contribution in [0.3, 0.4) is 0 Å². The molecule has 2 aromatic carbocycles. The number of benzene rings is 2. The van der Waals surface area contributed by atoms with E-state index >= 15 is 0 Å². The number of fused-ring (bicyclic) bond motifs is 1. The largest absolute Gasteiger partial charge is 0.492 e. The molecule has 3 N–H and O–H groups in total. The lowest BCUT2D eigenvalue weighted by Crippen LogP contribution is -2.41. The van der Waals surface area contributed by atoms with Crippen LogP contribution >= 0.6 is 35.0 Å². The van der Waals surface area contributed by atoms with Crippen LogP contribution in [-0.4, -0.2) is 29.6 Å². The Morgan fingerprint density at radius 2 is 1.97 bits per heavy atom. The van der Waals surface area contributed by atoms with E-state index in [1.165, 1.54) is 11.8 Å². The number of carbonyl (C=O) groups is 3. The van der Waals surface area contributed by atoms with Crippen molar-refractivity contribution in [2.75, 3.05) is 11.9 Å². The Morgan fingerprint density at radius 1 is 1.17 bits per heavy atom. The molecule has 0 aliphatic carbocycles. The molecule has 0 unspecified atom stereocenters. The number of hydrogen-bond donors (Lipinski definition) is 3. The minimum absolute atomic E-state index is 0.111. The summed E-state index contributed by atoms with van der Waals surface area (Å²) in [6, 6.07) is 9.89. The van der Waals surface area contributed by atoms with E-state index in [9.17, 15) is 14.4 Å². The van der Waals surface area contributed by atoms with Gasteiger partial charge in [0.25, 0.3) is 5.91 Å². The van der Waals surface area contributed by atoms with Crippen molar-refractivity contribution in [3.63, 3.8) is 0 Å². The number of thioether (sulfide) groups is 1. The minimum atomic E-state index is -0.479. The molecule has 1 aliphatic heterocycles. The van der Waals surface area contributed by atoms with Gasteiger partial charge >= 0.3 is 0 Å². The molecular formula is C20H19Cl2N3O4S. The van der Waals surface area contributed by atoms with E-state index in [0.29, 0.717) is 33.5 Å². The summed E-state index contributed by atoms with van der Waals surface area (Å²) in [5.74, 6) is -0.458. The fourth-order valence-corrected chi connectivity index (χ4v) is 4.01. The molecule has 1 aliphatic rings. The van der Waals surface area contributed by atoms with Gasteiger partial charge in [-0.1, -0.05) is 23.2 Å². The minimum Gasteiger partial charge on any atom is -0.492 e. The third kappa shape index (κ3) is 5.81. The van der Waals surface area contributed by atoms with Crippen LogP contribution in [0, 0.1) is 0 Å². The molecule has 2 aromatic rings. The van der Waals surface area contributed by atoms with Crippen LogP contribution in [0.2, 0.25) is 10.0 Å². The van der Waals surface area contributed by atoms with Gasteiger partial charge in [-0.3, -0.25) is 25.2 Å². The highest BCUT2D eigenvalue weighted by Crippen LogP contribution is 2.35. The Bertz CT molecular complexity index is 987. The van der Waals surface area contributed by atoms with E-state index in [2.05, 4.69) is 16.2 Å². The highest BCUT2D eigenvalue weighted by atomic mass is 35.5. The molecule has 0 bridgehead atoms. The van der Waals surface area contributed by atoms with E-state index in [0.717, 1.165) is 4.90 Å². The molecule has 0 saturated carbocycles. The molecule has 0 radical (unpaired) electrons. The number of carbonyl (C=O) groups excluding carboxylic acids is 3. The fourth-order valence-electron chi connectivity index (χ4n) is 2.62. The van der Waals surface area contributed by atoms with Crippen molar-refractivity contribution in [1.82, 2.24) is 10.9 Å². The van der Waals surface area contributed by atoms with Gasteiger partial charge in [0, 0.05) is 21.9 Å². The summed E-state index contributed by atoms with van der Waals surface area (Å²) < 4.78 is 5.51. The Hall–Kier alpha value is -2.42. The summed E-state index contributed by atoms with van der Waals surface area (Å²) in [6.45, 7) is 2.09. The molecule has 0 spiro atoms. The number of hydrazine groups is 1. The predicted molar refractivity (Wildman–Crippen MR) is 117 cm³/mol. The zero-order valence-corrected chi connectivity index (χ0v) is 18.3. The molecule has 7 nitrogen and oxygen atoms in total. The molecule has 3 amide bonds. The van der Waals surface area contributed by atoms with Crippen molar-refractivity contribution < 1.29 is 19.1 Å². The van der Waals surface area contributed by atoms with E-state index in [4.69, 9.17) is 27.9 Å². The lowest BCUT2D eigenvalue weighted by atomic mass is 10.2. The van der Waals surface area contributed by atoms with Gasteiger partial charge in [0.15, 0.2) is 0 Å². The maximum Gasteiger partial charge on any atom is 0.269 e. The van der Waals surface area contributed by atoms with Gasteiger partial charge in [-0.25, -0.2) is 0 Å². The molecule has 0 saturated heterocycles. The second-order valence-electron chi connectivity index (χ2n) is 6.49. The molecule has 0 aromatic heterocycles. The molecule has 10 heteroatoms. The van der Waals surface area contributed by atoms with Crippen molar-refractivity contribution in [2.24, 2.45) is 0 Å². The van der Waals surface area contributed by atoms with Crippen LogP contribution in [0.25, 0.3) is 0 Å². The van der Waals surface area contributed by atoms with Crippen molar-refractivity contribution in [3.8, 4) is 5.75 Å². The summed E-state index contributed by atoms with van der Waals surface area (Å²) in [5, 5.41) is 3.49. The number of anilines is 1. The molecular weight excluding hydrogens is 449 g/mol. The number of nitrogens with one attached hydrogen (secondary N) is 3. The maximum absolute atomic E-state index is 12.3. The quantitative estimate of drug-likeness (QED) is 0.439. The number of amides is 3. The second-order valence-corrected chi connectivity index (χ2v) is 8.72. The highest BCUT2D eigenvalue weighted by molar-refractivity contribution is 8.00. The fraction of sp³-hybridized carbons (Fsp3) is 0.250. The van der Waals surface area contributed by atoms with E-state index in [1.807, 2.05) is 6.92 Å². The van der Waals surface area contributed by atoms with Crippen molar-refractivity contribution >= 4 is 58.4 Å². The Kier molecular flexibility index (Phi) is 7.47. The first-order valence-corrected chi connectivity index (χ1v) is 10.8. The first-order chi connectivity index (χ1) is 14.3. The lowest BCUT2D eigenvalue weighted by molar-refractivity contribution is -0.122. The summed E-state index contributed by atoms with van der Waals surface area (Å²) in [4.78, 5) is 36.9. The van der Waals surface area contributed by atoms with Gasteiger partial charge in [-0.2, -0.15) is 0 Å². The Balaban J connectivity index is 1.42. The summed E-state index contributed by atoms with van der Waals surface area (Å²) in [5.41, 5.74) is 5.64. The summed E-state index contributed by atoms with van der Waals surface area (Å²) in [6.07, 6.45) is 0.585. The molecule has 158 valence electrons. The zero-order valence-electron chi connectivity index (χ0n) is 16.0. The summed E-state index contributed by atoms with van der Waals surface area (Å²) >= 11 is 13.3. The van der Waals surface area contributed by atoms with Crippen LogP contribution in [0.5, 0.6) is 5.75 Å². The van der Waals surface area contributed by atoms with Gasteiger partial charge in [0.1, 0.15) is 5.75 Å². The van der Waals surface area contributed by atoms with Gasteiger partial charge in [-0.05, 0) is 49.7 Å². The first-order valence-electron chi connectivity index (χ1n) is 9.12. The third-order valence-corrected chi connectivity index (χ3v) is 5.90. The van der Waals surface area contributed by atoms with E-state index < -0.39 is 5.91 Å².